The average molecular weight is 209 g/mol. The van der Waals surface area contributed by atoms with Gasteiger partial charge in [0, 0.05) is 0 Å². The van der Waals surface area contributed by atoms with Crippen LogP contribution in [0.1, 0.15) is 38.5 Å². The molecule has 0 saturated heterocycles. The Morgan fingerprint density at radius 3 is 2.60 bits per heavy atom. The Balaban J connectivity index is 1.76. The number of carbonyl (C=O) groups is 1. The third kappa shape index (κ3) is 1.13. The van der Waals surface area contributed by atoms with Gasteiger partial charge in [0.15, 0.2) is 0 Å². The van der Waals surface area contributed by atoms with Gasteiger partial charge in [-0.05, 0) is 61.3 Å². The quantitative estimate of drug-likeness (QED) is 0.742. The van der Waals surface area contributed by atoms with Crippen molar-refractivity contribution in [1.29, 1.82) is 0 Å². The first-order chi connectivity index (χ1) is 7.12. The lowest BCUT2D eigenvalue weighted by Crippen LogP contribution is -2.53. The molecule has 3 N–H and O–H groups in total. The highest BCUT2D eigenvalue weighted by atomic mass is 16.4. The number of carboxylic acid groups (broad SMARTS) is 1. The van der Waals surface area contributed by atoms with Gasteiger partial charge < -0.3 is 10.8 Å². The van der Waals surface area contributed by atoms with Crippen LogP contribution in [-0.2, 0) is 4.79 Å². The molecule has 3 nitrogen and oxygen atoms in total. The van der Waals surface area contributed by atoms with Crippen molar-refractivity contribution in [3.63, 3.8) is 0 Å². The molecule has 0 bridgehead atoms. The second kappa shape index (κ2) is 2.76. The third-order valence-electron chi connectivity index (χ3n) is 5.44. The molecule has 3 aliphatic rings. The molecule has 0 aromatic rings. The van der Waals surface area contributed by atoms with Crippen molar-refractivity contribution >= 4 is 5.97 Å². The topological polar surface area (TPSA) is 63.3 Å². The molecule has 3 rings (SSSR count). The van der Waals surface area contributed by atoms with Crippen LogP contribution in [0.5, 0.6) is 0 Å². The minimum atomic E-state index is -0.671. The zero-order chi connectivity index (χ0) is 10.7. The maximum atomic E-state index is 10.9. The summed E-state index contributed by atoms with van der Waals surface area (Å²) in [6.45, 7) is 0.566. The van der Waals surface area contributed by atoms with Crippen molar-refractivity contribution < 1.29 is 9.90 Å². The van der Waals surface area contributed by atoms with Crippen molar-refractivity contribution in [1.82, 2.24) is 0 Å². The lowest BCUT2D eigenvalue weighted by Gasteiger charge is -2.53. The summed E-state index contributed by atoms with van der Waals surface area (Å²) in [7, 11) is 0. The van der Waals surface area contributed by atoms with Crippen LogP contribution in [0.15, 0.2) is 0 Å². The second-order valence-corrected chi connectivity index (χ2v) is 5.96. The summed E-state index contributed by atoms with van der Waals surface area (Å²) in [6, 6.07) is 0. The summed E-state index contributed by atoms with van der Waals surface area (Å²) in [4.78, 5) is 10.9. The third-order valence-corrected chi connectivity index (χ3v) is 5.44. The van der Waals surface area contributed by atoms with Crippen LogP contribution < -0.4 is 5.73 Å². The molecule has 15 heavy (non-hydrogen) atoms. The van der Waals surface area contributed by atoms with Crippen molar-refractivity contribution in [2.24, 2.45) is 28.4 Å². The van der Waals surface area contributed by atoms with Gasteiger partial charge in [0.2, 0.25) is 0 Å². The minimum Gasteiger partial charge on any atom is -0.481 e. The fraction of sp³-hybridized carbons (Fsp3) is 0.917. The van der Waals surface area contributed by atoms with Crippen molar-refractivity contribution in [3.05, 3.63) is 0 Å². The summed E-state index contributed by atoms with van der Waals surface area (Å²) in [5, 5.41) is 8.96. The van der Waals surface area contributed by atoms with E-state index < -0.39 is 5.97 Å². The van der Waals surface area contributed by atoms with E-state index in [1.165, 1.54) is 25.7 Å². The number of carboxylic acids is 1. The van der Waals surface area contributed by atoms with E-state index in [1.807, 2.05) is 0 Å². The summed E-state index contributed by atoms with van der Waals surface area (Å²) in [5.74, 6) is 0.775. The summed E-state index contributed by atoms with van der Waals surface area (Å²) < 4.78 is 0. The highest BCUT2D eigenvalue weighted by Gasteiger charge is 2.67. The monoisotopic (exact) mass is 209 g/mol. The maximum Gasteiger partial charge on any atom is 0.303 e. The fourth-order valence-corrected chi connectivity index (χ4v) is 4.37. The number of nitrogens with two attached hydrogens (primary N) is 1. The van der Waals surface area contributed by atoms with Gasteiger partial charge in [0.1, 0.15) is 0 Å². The van der Waals surface area contributed by atoms with Gasteiger partial charge in [-0.25, -0.2) is 0 Å². The van der Waals surface area contributed by atoms with Gasteiger partial charge in [0.05, 0.1) is 6.42 Å². The smallest absolute Gasteiger partial charge is 0.303 e. The summed E-state index contributed by atoms with van der Waals surface area (Å²) >= 11 is 0. The Kier molecular flexibility index (Phi) is 1.77. The molecule has 0 amide bonds. The van der Waals surface area contributed by atoms with Crippen LogP contribution in [0.2, 0.25) is 0 Å². The van der Waals surface area contributed by atoms with Crippen molar-refractivity contribution in [2.45, 2.75) is 38.5 Å². The number of hydrogen-bond acceptors (Lipinski definition) is 2. The highest BCUT2D eigenvalue weighted by Crippen LogP contribution is 2.74. The molecular weight excluding hydrogens is 190 g/mol. The average Bonchev–Trinajstić information content (AvgIpc) is 2.85. The standard InChI is InChI=1S/C12H19NO2/c13-7-12(6-10(14)15)5-9-8(12)1-2-11(9)3-4-11/h8-9H,1-7,13H2,(H,14,15)/t8-,9-,12-/m1/s1. The molecule has 0 radical (unpaired) electrons. The normalized spacial score (nSPS) is 44.9. The van der Waals surface area contributed by atoms with Gasteiger partial charge in [-0.3, -0.25) is 4.79 Å². The lowest BCUT2D eigenvalue weighted by molar-refractivity contribution is -0.146. The SMILES string of the molecule is NC[C@]1(CC(=O)O)C[C@@H]2[C@H]1CCC21CC1. The van der Waals surface area contributed by atoms with Gasteiger partial charge in [-0.15, -0.1) is 0 Å². The zero-order valence-corrected chi connectivity index (χ0v) is 9.04. The van der Waals surface area contributed by atoms with E-state index in [2.05, 4.69) is 0 Å². The van der Waals surface area contributed by atoms with Crippen molar-refractivity contribution in [2.75, 3.05) is 6.54 Å². The largest absolute Gasteiger partial charge is 0.481 e. The molecule has 3 atom stereocenters. The van der Waals surface area contributed by atoms with Crippen LogP contribution in [0, 0.1) is 22.7 Å². The van der Waals surface area contributed by atoms with Gasteiger partial charge in [-0.2, -0.15) is 0 Å². The van der Waals surface area contributed by atoms with E-state index in [0.29, 0.717) is 24.3 Å². The first-order valence-corrected chi connectivity index (χ1v) is 6.04. The Hall–Kier alpha value is -0.570. The highest BCUT2D eigenvalue weighted by molar-refractivity contribution is 5.68. The molecular formula is C12H19NO2. The van der Waals surface area contributed by atoms with E-state index in [4.69, 9.17) is 10.8 Å². The summed E-state index contributed by atoms with van der Waals surface area (Å²) in [5.41, 5.74) is 6.43. The van der Waals surface area contributed by atoms with Crippen LogP contribution in [0.4, 0.5) is 0 Å². The second-order valence-electron chi connectivity index (χ2n) is 5.96. The molecule has 3 saturated carbocycles. The predicted octanol–water partition coefficient (Wildman–Crippen LogP) is 1.62. The Bertz CT molecular complexity index is 311. The Morgan fingerprint density at radius 1 is 1.33 bits per heavy atom. The van der Waals surface area contributed by atoms with Gasteiger partial charge in [-0.1, -0.05) is 0 Å². The van der Waals surface area contributed by atoms with Crippen LogP contribution in [0.3, 0.4) is 0 Å². The molecule has 3 heteroatoms. The molecule has 84 valence electrons. The molecule has 1 spiro atoms. The molecule has 0 aromatic carbocycles. The number of hydrogen-bond donors (Lipinski definition) is 2. The Morgan fingerprint density at radius 2 is 2.07 bits per heavy atom. The Labute approximate surface area is 90.0 Å². The molecule has 3 fully saturated rings. The van der Waals surface area contributed by atoms with E-state index in [-0.39, 0.29) is 5.41 Å². The fourth-order valence-electron chi connectivity index (χ4n) is 4.37. The van der Waals surface area contributed by atoms with E-state index in [0.717, 1.165) is 12.3 Å². The molecule has 0 unspecified atom stereocenters. The van der Waals surface area contributed by atoms with E-state index in [1.54, 1.807) is 0 Å². The number of rotatable bonds is 3. The van der Waals surface area contributed by atoms with Crippen LogP contribution in [-0.4, -0.2) is 17.6 Å². The van der Waals surface area contributed by atoms with Gasteiger partial charge in [0.25, 0.3) is 0 Å². The number of fused-ring (bicyclic) bond motifs is 2. The maximum absolute atomic E-state index is 10.9. The minimum absolute atomic E-state index is 0.0391. The molecule has 0 heterocycles. The van der Waals surface area contributed by atoms with E-state index in [9.17, 15) is 4.79 Å². The van der Waals surface area contributed by atoms with Crippen LogP contribution in [0.25, 0.3) is 0 Å². The van der Waals surface area contributed by atoms with Crippen molar-refractivity contribution in [3.8, 4) is 0 Å². The first-order valence-electron chi connectivity index (χ1n) is 6.04. The lowest BCUT2D eigenvalue weighted by atomic mass is 9.51. The zero-order valence-electron chi connectivity index (χ0n) is 9.04. The molecule has 0 aromatic heterocycles. The first kappa shape index (κ1) is 9.64. The molecule has 0 aliphatic heterocycles. The van der Waals surface area contributed by atoms with Crippen LogP contribution >= 0.6 is 0 Å². The van der Waals surface area contributed by atoms with Gasteiger partial charge >= 0.3 is 5.97 Å². The predicted molar refractivity (Wildman–Crippen MR) is 56.2 cm³/mol. The van der Waals surface area contributed by atoms with E-state index >= 15 is 0 Å². The molecule has 3 aliphatic carbocycles. The number of aliphatic carboxylic acids is 1. The summed E-state index contributed by atoms with van der Waals surface area (Å²) in [6.07, 6.45) is 6.73.